The molecule has 6 nitrogen and oxygen atoms in total. The lowest BCUT2D eigenvalue weighted by Gasteiger charge is -2.35. The molecule has 2 aromatic carbocycles. The summed E-state index contributed by atoms with van der Waals surface area (Å²) in [4.78, 5) is 36.2. The van der Waals surface area contributed by atoms with E-state index in [0.717, 1.165) is 6.07 Å². The van der Waals surface area contributed by atoms with Gasteiger partial charge in [0.15, 0.2) is 5.41 Å². The van der Waals surface area contributed by atoms with Crippen molar-refractivity contribution in [2.45, 2.75) is 18.8 Å². The highest BCUT2D eigenvalue weighted by molar-refractivity contribution is 6.02. The zero-order chi connectivity index (χ0) is 18.9. The van der Waals surface area contributed by atoms with Crippen LogP contribution in [0.5, 0.6) is 0 Å². The lowest BCUT2D eigenvalue weighted by atomic mass is 9.66. The summed E-state index contributed by atoms with van der Waals surface area (Å²) in [6.07, 6.45) is -0.783. The molecule has 1 unspecified atom stereocenters. The number of aliphatic carboxylic acids is 2. The van der Waals surface area contributed by atoms with Gasteiger partial charge in [-0.3, -0.25) is 14.4 Å². The third kappa shape index (κ3) is 3.03. The third-order valence-electron chi connectivity index (χ3n) is 4.70. The van der Waals surface area contributed by atoms with E-state index in [1.165, 1.54) is 12.1 Å². The largest absolute Gasteiger partial charge is 0.480 e. The maximum absolute atomic E-state index is 13.6. The summed E-state index contributed by atoms with van der Waals surface area (Å²) >= 11 is 0. The Morgan fingerprint density at radius 2 is 1.69 bits per heavy atom. The highest BCUT2D eigenvalue weighted by Gasteiger charge is 2.53. The van der Waals surface area contributed by atoms with E-state index in [-0.39, 0.29) is 12.0 Å². The minimum absolute atomic E-state index is 0.217. The van der Waals surface area contributed by atoms with Crippen molar-refractivity contribution in [1.29, 1.82) is 0 Å². The van der Waals surface area contributed by atoms with E-state index in [1.54, 1.807) is 30.3 Å². The van der Waals surface area contributed by atoms with Crippen LogP contribution in [0, 0.1) is 11.2 Å². The summed E-state index contributed by atoms with van der Waals surface area (Å²) in [5, 5.41) is 21.7. The second-order valence-electron chi connectivity index (χ2n) is 6.32. The molecule has 3 N–H and O–H groups in total. The van der Waals surface area contributed by atoms with Crippen LogP contribution in [0.3, 0.4) is 0 Å². The number of hydrogen-bond donors (Lipinski definition) is 3. The first kappa shape index (κ1) is 17.6. The van der Waals surface area contributed by atoms with E-state index < -0.39 is 41.4 Å². The predicted molar refractivity (Wildman–Crippen MR) is 90.2 cm³/mol. The van der Waals surface area contributed by atoms with Crippen molar-refractivity contribution in [3.05, 3.63) is 65.5 Å². The fourth-order valence-corrected chi connectivity index (χ4v) is 3.33. The number of carbonyl (C=O) groups is 3. The molecule has 3 rings (SSSR count). The number of para-hydroxylation sites is 1. The van der Waals surface area contributed by atoms with Crippen molar-refractivity contribution in [2.75, 3.05) is 5.32 Å². The van der Waals surface area contributed by atoms with Crippen LogP contribution in [0.1, 0.15) is 23.5 Å². The fraction of sp³-hybridized carbons (Fsp3) is 0.211. The van der Waals surface area contributed by atoms with Crippen molar-refractivity contribution in [1.82, 2.24) is 0 Å². The molecule has 0 radical (unpaired) electrons. The summed E-state index contributed by atoms with van der Waals surface area (Å²) in [5.74, 6) is -5.25. The Balaban J connectivity index is 2.04. The van der Waals surface area contributed by atoms with Crippen LogP contribution in [0.2, 0.25) is 0 Å². The van der Waals surface area contributed by atoms with Gasteiger partial charge < -0.3 is 15.5 Å². The number of benzene rings is 2. The van der Waals surface area contributed by atoms with Crippen molar-refractivity contribution in [2.24, 2.45) is 5.41 Å². The number of nitrogens with one attached hydrogen (secondary N) is 1. The Morgan fingerprint density at radius 1 is 1.04 bits per heavy atom. The van der Waals surface area contributed by atoms with Gasteiger partial charge in [-0.1, -0.05) is 24.3 Å². The maximum atomic E-state index is 13.6. The molecular formula is C19H16FNO5. The second-order valence-corrected chi connectivity index (χ2v) is 6.32. The summed E-state index contributed by atoms with van der Waals surface area (Å²) < 4.78 is 13.6. The topological polar surface area (TPSA) is 104 Å². The van der Waals surface area contributed by atoms with Gasteiger partial charge in [0.1, 0.15) is 5.82 Å². The number of hydrogen-bond acceptors (Lipinski definition) is 3. The van der Waals surface area contributed by atoms with Crippen LogP contribution in [-0.2, 0) is 20.8 Å². The van der Waals surface area contributed by atoms with Gasteiger partial charge in [0, 0.05) is 5.69 Å². The van der Waals surface area contributed by atoms with Crippen LogP contribution in [-0.4, -0.2) is 28.1 Å². The van der Waals surface area contributed by atoms with E-state index in [9.17, 15) is 29.0 Å². The molecule has 134 valence electrons. The van der Waals surface area contributed by atoms with Crippen molar-refractivity contribution in [3.63, 3.8) is 0 Å². The number of carbonyl (C=O) groups excluding carboxylic acids is 1. The van der Waals surface area contributed by atoms with Gasteiger partial charge in [-0.2, -0.15) is 0 Å². The molecule has 0 saturated carbocycles. The lowest BCUT2D eigenvalue weighted by molar-refractivity contribution is -0.166. The molecule has 0 spiro atoms. The minimum Gasteiger partial charge on any atom is -0.480 e. The van der Waals surface area contributed by atoms with E-state index in [0.29, 0.717) is 11.3 Å². The highest BCUT2D eigenvalue weighted by Crippen LogP contribution is 2.43. The minimum atomic E-state index is -2.18. The predicted octanol–water partition coefficient (Wildman–Crippen LogP) is 2.65. The number of carboxylic acid groups (broad SMARTS) is 2. The molecular weight excluding hydrogens is 341 g/mol. The summed E-state index contributed by atoms with van der Waals surface area (Å²) in [6.45, 7) is 0. The summed E-state index contributed by atoms with van der Waals surface area (Å²) in [7, 11) is 0. The molecule has 1 amide bonds. The molecule has 0 bridgehead atoms. The molecule has 1 aliphatic carbocycles. The number of rotatable bonds is 4. The van der Waals surface area contributed by atoms with Crippen LogP contribution < -0.4 is 5.32 Å². The molecule has 0 saturated heterocycles. The molecule has 26 heavy (non-hydrogen) atoms. The van der Waals surface area contributed by atoms with E-state index in [4.69, 9.17) is 0 Å². The first-order valence-corrected chi connectivity index (χ1v) is 7.94. The normalized spacial score (nSPS) is 17.8. The first-order chi connectivity index (χ1) is 12.3. The zero-order valence-corrected chi connectivity index (χ0v) is 13.6. The Hall–Kier alpha value is -3.22. The second kappa shape index (κ2) is 6.59. The number of halogens is 1. The quantitative estimate of drug-likeness (QED) is 0.730. The summed E-state index contributed by atoms with van der Waals surface area (Å²) in [5.41, 5.74) is -1.02. The fourth-order valence-electron chi connectivity index (χ4n) is 3.33. The Labute approximate surface area is 148 Å². The molecule has 2 aromatic rings. The van der Waals surface area contributed by atoms with Gasteiger partial charge in [-0.05, 0) is 48.2 Å². The molecule has 0 heterocycles. The number of anilines is 1. The van der Waals surface area contributed by atoms with Gasteiger partial charge in [0.25, 0.3) is 0 Å². The van der Waals surface area contributed by atoms with E-state index >= 15 is 0 Å². The van der Waals surface area contributed by atoms with Crippen molar-refractivity contribution in [3.8, 4) is 0 Å². The maximum Gasteiger partial charge on any atom is 0.321 e. The number of amides is 1. The molecule has 1 atom stereocenters. The zero-order valence-electron chi connectivity index (χ0n) is 13.6. The van der Waals surface area contributed by atoms with Gasteiger partial charge in [-0.25, -0.2) is 4.39 Å². The Morgan fingerprint density at radius 3 is 2.31 bits per heavy atom. The first-order valence-electron chi connectivity index (χ1n) is 7.94. The molecule has 1 aliphatic rings. The monoisotopic (exact) mass is 357 g/mol. The Bertz CT molecular complexity index is 867. The van der Waals surface area contributed by atoms with Crippen LogP contribution in [0.25, 0.3) is 0 Å². The van der Waals surface area contributed by atoms with Crippen molar-refractivity contribution >= 4 is 23.5 Å². The van der Waals surface area contributed by atoms with Crippen LogP contribution in [0.15, 0.2) is 48.5 Å². The number of fused-ring (bicyclic) bond motifs is 1. The van der Waals surface area contributed by atoms with Gasteiger partial charge in [-0.15, -0.1) is 0 Å². The van der Waals surface area contributed by atoms with Crippen LogP contribution in [0.4, 0.5) is 10.1 Å². The van der Waals surface area contributed by atoms with Gasteiger partial charge in [0.2, 0.25) is 5.91 Å². The molecule has 0 aliphatic heterocycles. The Kier molecular flexibility index (Phi) is 4.46. The average Bonchev–Trinajstić information content (AvgIpc) is 2.60. The van der Waals surface area contributed by atoms with Gasteiger partial charge >= 0.3 is 11.9 Å². The van der Waals surface area contributed by atoms with Crippen LogP contribution >= 0.6 is 0 Å². The third-order valence-corrected chi connectivity index (χ3v) is 4.70. The standard InChI is InChI=1S/C19H16FNO5/c20-12-6-7-14-11(8-12)9-19(17(23)24,18(25)26)10-15(14)16(22)21-13-4-2-1-3-5-13/h1-8,15H,9-10H2,(H,21,22)(H,23,24)(H,25,26). The smallest absolute Gasteiger partial charge is 0.321 e. The van der Waals surface area contributed by atoms with Gasteiger partial charge in [0.05, 0.1) is 5.92 Å². The highest BCUT2D eigenvalue weighted by atomic mass is 19.1. The molecule has 0 aromatic heterocycles. The lowest BCUT2D eigenvalue weighted by Crippen LogP contribution is -2.47. The van der Waals surface area contributed by atoms with E-state index in [1.807, 2.05) is 0 Å². The average molecular weight is 357 g/mol. The number of carboxylic acids is 2. The molecule has 0 fully saturated rings. The summed E-state index contributed by atoms with van der Waals surface area (Å²) in [6, 6.07) is 12.2. The van der Waals surface area contributed by atoms with Crippen molar-refractivity contribution < 1.29 is 29.0 Å². The van der Waals surface area contributed by atoms with E-state index in [2.05, 4.69) is 5.32 Å². The SMILES string of the molecule is O=C(Nc1ccccc1)C1CC(C(=O)O)(C(=O)O)Cc2cc(F)ccc21. The molecule has 7 heteroatoms.